The Balaban J connectivity index is 1.46. The molecule has 6 nitrogen and oxygen atoms in total. The highest BCUT2D eigenvalue weighted by Gasteiger charge is 2.21. The van der Waals surface area contributed by atoms with Crippen LogP contribution < -0.4 is 9.64 Å². The van der Waals surface area contributed by atoms with Crippen molar-refractivity contribution < 1.29 is 14.3 Å². The van der Waals surface area contributed by atoms with E-state index >= 15 is 0 Å². The summed E-state index contributed by atoms with van der Waals surface area (Å²) in [5, 5.41) is 0.765. The van der Waals surface area contributed by atoms with Crippen LogP contribution in [0.5, 0.6) is 5.75 Å². The molecular weight excluding hydrogens is 410 g/mol. The Hall–Kier alpha value is -2.48. The van der Waals surface area contributed by atoms with Crippen LogP contribution in [-0.4, -0.2) is 61.8 Å². The van der Waals surface area contributed by atoms with Crippen LogP contribution in [0.3, 0.4) is 0 Å². The van der Waals surface area contributed by atoms with E-state index in [0.29, 0.717) is 19.6 Å². The fourth-order valence-electron chi connectivity index (χ4n) is 3.59. The Morgan fingerprint density at radius 2 is 2.00 bits per heavy atom. The molecule has 1 aliphatic heterocycles. The minimum Gasteiger partial charge on any atom is -0.493 e. The van der Waals surface area contributed by atoms with E-state index in [9.17, 15) is 4.79 Å². The number of ether oxygens (including phenoxy) is 2. The van der Waals surface area contributed by atoms with Crippen molar-refractivity contribution in [2.75, 3.05) is 50.9 Å². The zero-order chi connectivity index (χ0) is 21.5. The van der Waals surface area contributed by atoms with Gasteiger partial charge in [0.2, 0.25) is 5.91 Å². The zero-order valence-corrected chi connectivity index (χ0v) is 18.8. The second-order valence-electron chi connectivity index (χ2n) is 7.56. The molecule has 4 rings (SSSR count). The van der Waals surface area contributed by atoms with Gasteiger partial charge in [-0.2, -0.15) is 0 Å². The minimum atomic E-state index is 0.0407. The Morgan fingerprint density at radius 1 is 1.19 bits per heavy atom. The largest absolute Gasteiger partial charge is 0.493 e. The Morgan fingerprint density at radius 3 is 2.77 bits per heavy atom. The van der Waals surface area contributed by atoms with Crippen LogP contribution in [0.1, 0.15) is 18.9 Å². The van der Waals surface area contributed by atoms with Crippen LogP contribution in [0.2, 0.25) is 0 Å². The number of rotatable bonds is 9. The van der Waals surface area contributed by atoms with Crippen molar-refractivity contribution in [2.45, 2.75) is 19.8 Å². The van der Waals surface area contributed by atoms with Gasteiger partial charge in [-0.05, 0) is 36.2 Å². The molecule has 2 heterocycles. The van der Waals surface area contributed by atoms with E-state index < -0.39 is 0 Å². The van der Waals surface area contributed by atoms with Crippen molar-refractivity contribution in [3.63, 3.8) is 0 Å². The van der Waals surface area contributed by atoms with Crippen molar-refractivity contribution in [1.29, 1.82) is 0 Å². The van der Waals surface area contributed by atoms with Gasteiger partial charge in [-0.25, -0.2) is 4.98 Å². The number of carbonyl (C=O) groups is 1. The third kappa shape index (κ3) is 5.81. The van der Waals surface area contributed by atoms with Gasteiger partial charge < -0.3 is 9.47 Å². The van der Waals surface area contributed by atoms with Crippen LogP contribution in [0.15, 0.2) is 48.5 Å². The van der Waals surface area contributed by atoms with Gasteiger partial charge in [0.05, 0.1) is 36.5 Å². The lowest BCUT2D eigenvalue weighted by Gasteiger charge is -2.29. The molecule has 31 heavy (non-hydrogen) atoms. The smallest absolute Gasteiger partial charge is 0.232 e. The molecule has 7 heteroatoms. The lowest BCUT2D eigenvalue weighted by molar-refractivity contribution is -0.119. The molecule has 2 aromatic carbocycles. The highest BCUT2D eigenvalue weighted by atomic mass is 32.1. The van der Waals surface area contributed by atoms with Gasteiger partial charge >= 0.3 is 0 Å². The molecule has 0 spiro atoms. The molecule has 1 saturated heterocycles. The molecule has 0 saturated carbocycles. The first kappa shape index (κ1) is 21.7. The maximum Gasteiger partial charge on any atom is 0.232 e. The first-order valence-electron chi connectivity index (χ1n) is 10.9. The number of nitrogens with zero attached hydrogens (tertiary/aromatic N) is 3. The summed E-state index contributed by atoms with van der Waals surface area (Å²) in [6, 6.07) is 16.0. The Kier molecular flexibility index (Phi) is 7.51. The maximum atomic E-state index is 13.2. The molecule has 0 radical (unpaired) electrons. The SMILES string of the molecule is CCc1ccc2nc(N(CCN3CCOCC3)C(=O)CCOc3ccccc3)sc2c1. The molecule has 0 unspecified atom stereocenters. The summed E-state index contributed by atoms with van der Waals surface area (Å²) in [5.41, 5.74) is 2.23. The number of aryl methyl sites for hydroxylation is 1. The van der Waals surface area contributed by atoms with E-state index in [2.05, 4.69) is 30.0 Å². The maximum absolute atomic E-state index is 13.2. The number of aromatic nitrogens is 1. The number of thiazole rings is 1. The Labute approximate surface area is 187 Å². The van der Waals surface area contributed by atoms with Gasteiger partial charge in [-0.3, -0.25) is 14.6 Å². The lowest BCUT2D eigenvalue weighted by atomic mass is 10.2. The standard InChI is InChI=1S/C24H29N3O3S/c1-2-19-8-9-21-22(18-19)31-24(25-21)27(12-11-26-13-16-29-17-14-26)23(28)10-15-30-20-6-4-3-5-7-20/h3-9,18H,2,10-17H2,1H3. The summed E-state index contributed by atoms with van der Waals surface area (Å²) in [6.07, 6.45) is 1.30. The van der Waals surface area contributed by atoms with Gasteiger partial charge in [0.25, 0.3) is 0 Å². The monoisotopic (exact) mass is 439 g/mol. The van der Waals surface area contributed by atoms with Crippen molar-refractivity contribution in [3.05, 3.63) is 54.1 Å². The fourth-order valence-corrected chi connectivity index (χ4v) is 4.67. The van der Waals surface area contributed by atoms with Crippen molar-refractivity contribution >= 4 is 32.6 Å². The molecule has 0 bridgehead atoms. The van der Waals surface area contributed by atoms with Crippen LogP contribution in [0.25, 0.3) is 10.2 Å². The predicted molar refractivity (Wildman–Crippen MR) is 125 cm³/mol. The Bertz CT molecular complexity index is 986. The number of fused-ring (bicyclic) bond motifs is 1. The van der Waals surface area contributed by atoms with Gasteiger partial charge in [0, 0.05) is 26.2 Å². The van der Waals surface area contributed by atoms with Gasteiger partial charge in [-0.1, -0.05) is 42.5 Å². The summed E-state index contributed by atoms with van der Waals surface area (Å²) in [5.74, 6) is 0.821. The van der Waals surface area contributed by atoms with Crippen LogP contribution in [-0.2, 0) is 16.0 Å². The predicted octanol–water partition coefficient (Wildman–Crippen LogP) is 3.99. The van der Waals surface area contributed by atoms with E-state index in [1.807, 2.05) is 35.2 Å². The number of hydrogen-bond donors (Lipinski definition) is 0. The minimum absolute atomic E-state index is 0.0407. The molecule has 1 amide bonds. The molecule has 3 aromatic rings. The molecule has 1 aliphatic rings. The third-order valence-electron chi connectivity index (χ3n) is 5.45. The van der Waals surface area contributed by atoms with E-state index in [-0.39, 0.29) is 5.91 Å². The summed E-state index contributed by atoms with van der Waals surface area (Å²) >= 11 is 1.59. The van der Waals surface area contributed by atoms with E-state index in [0.717, 1.165) is 60.4 Å². The van der Waals surface area contributed by atoms with Gasteiger partial charge in [-0.15, -0.1) is 0 Å². The second-order valence-corrected chi connectivity index (χ2v) is 8.57. The van der Waals surface area contributed by atoms with Crippen molar-refractivity contribution in [2.24, 2.45) is 0 Å². The second kappa shape index (κ2) is 10.7. The number of hydrogen-bond acceptors (Lipinski definition) is 6. The zero-order valence-electron chi connectivity index (χ0n) is 18.0. The molecule has 0 atom stereocenters. The molecular formula is C24H29N3O3S. The third-order valence-corrected chi connectivity index (χ3v) is 6.49. The number of para-hydroxylation sites is 1. The highest BCUT2D eigenvalue weighted by molar-refractivity contribution is 7.22. The average molecular weight is 440 g/mol. The summed E-state index contributed by atoms with van der Waals surface area (Å²) in [6.45, 7) is 7.22. The normalized spacial score (nSPS) is 14.6. The number of benzene rings is 2. The fraction of sp³-hybridized carbons (Fsp3) is 0.417. The quantitative estimate of drug-likeness (QED) is 0.505. The number of carbonyl (C=O) groups excluding carboxylic acids is 1. The molecule has 1 fully saturated rings. The van der Waals surface area contributed by atoms with Crippen LogP contribution >= 0.6 is 11.3 Å². The van der Waals surface area contributed by atoms with Crippen molar-refractivity contribution in [1.82, 2.24) is 9.88 Å². The van der Waals surface area contributed by atoms with E-state index in [1.165, 1.54) is 5.56 Å². The molecule has 0 N–H and O–H groups in total. The number of anilines is 1. The highest BCUT2D eigenvalue weighted by Crippen LogP contribution is 2.30. The van der Waals surface area contributed by atoms with Crippen LogP contribution in [0.4, 0.5) is 5.13 Å². The van der Waals surface area contributed by atoms with Crippen molar-refractivity contribution in [3.8, 4) is 5.75 Å². The lowest BCUT2D eigenvalue weighted by Crippen LogP contribution is -2.43. The molecule has 1 aromatic heterocycles. The summed E-state index contributed by atoms with van der Waals surface area (Å²) in [7, 11) is 0. The molecule has 0 aliphatic carbocycles. The summed E-state index contributed by atoms with van der Waals surface area (Å²) < 4.78 is 12.3. The first-order chi connectivity index (χ1) is 15.2. The summed E-state index contributed by atoms with van der Waals surface area (Å²) in [4.78, 5) is 22.1. The molecule has 164 valence electrons. The van der Waals surface area contributed by atoms with Crippen LogP contribution in [0, 0.1) is 0 Å². The number of morpholine rings is 1. The first-order valence-corrected chi connectivity index (χ1v) is 11.7. The van der Waals surface area contributed by atoms with E-state index in [1.54, 1.807) is 11.3 Å². The van der Waals surface area contributed by atoms with E-state index in [4.69, 9.17) is 14.5 Å². The van der Waals surface area contributed by atoms with Gasteiger partial charge in [0.1, 0.15) is 5.75 Å². The number of amides is 1. The van der Waals surface area contributed by atoms with Gasteiger partial charge in [0.15, 0.2) is 5.13 Å². The average Bonchev–Trinajstić information content (AvgIpc) is 3.23. The topological polar surface area (TPSA) is 54.9 Å².